The van der Waals surface area contributed by atoms with Crippen molar-refractivity contribution in [1.29, 1.82) is 0 Å². The maximum absolute atomic E-state index is 5.04. The molecule has 0 saturated carbocycles. The van der Waals surface area contributed by atoms with E-state index in [9.17, 15) is 0 Å². The molecule has 0 aromatic carbocycles. The molecule has 1 atom stereocenters. The number of fused-ring (bicyclic) bond motifs is 1. The molecule has 0 amide bonds. The Morgan fingerprint density at radius 2 is 2.09 bits per heavy atom. The molecule has 0 saturated heterocycles. The highest BCUT2D eigenvalue weighted by Crippen LogP contribution is 2.19. The van der Waals surface area contributed by atoms with Crippen LogP contribution in [0.5, 0.6) is 0 Å². The summed E-state index contributed by atoms with van der Waals surface area (Å²) in [5, 5.41) is 3.00. The lowest BCUT2D eigenvalue weighted by atomic mass is 10.5. The summed E-state index contributed by atoms with van der Waals surface area (Å²) in [4.78, 5) is 13.1. The Labute approximate surface area is 63.8 Å². The van der Waals surface area contributed by atoms with Crippen molar-refractivity contribution >= 4 is 11.6 Å². The lowest BCUT2D eigenvalue weighted by Crippen LogP contribution is -2.28. The first-order valence-corrected chi connectivity index (χ1v) is 3.35. The van der Waals surface area contributed by atoms with Gasteiger partial charge in [0.15, 0.2) is 17.9 Å². The second-order valence-corrected chi connectivity index (χ2v) is 2.26. The molecule has 1 aliphatic rings. The first kappa shape index (κ1) is 6.36. The van der Waals surface area contributed by atoms with Crippen molar-refractivity contribution in [3.05, 3.63) is 12.4 Å². The van der Waals surface area contributed by atoms with E-state index in [0.29, 0.717) is 5.82 Å². The van der Waals surface area contributed by atoms with Gasteiger partial charge in [0.05, 0.1) is 0 Å². The number of hydrogen-bond acceptors (Lipinski definition) is 5. The third-order valence-corrected chi connectivity index (χ3v) is 1.37. The molecule has 0 bridgehead atoms. The molecule has 0 fully saturated rings. The van der Waals surface area contributed by atoms with Gasteiger partial charge in [0.25, 0.3) is 0 Å². The summed E-state index contributed by atoms with van der Waals surface area (Å²) in [7, 11) is 0. The molecule has 58 valence electrons. The SMILES string of the molecule is CC1Nc2nccnc2NO1. The van der Waals surface area contributed by atoms with Gasteiger partial charge < -0.3 is 5.32 Å². The van der Waals surface area contributed by atoms with Crippen molar-refractivity contribution in [2.75, 3.05) is 10.8 Å². The molecule has 0 radical (unpaired) electrons. The number of hydrogen-bond donors (Lipinski definition) is 2. The third-order valence-electron chi connectivity index (χ3n) is 1.37. The molecular formula is C6H8N4O. The summed E-state index contributed by atoms with van der Waals surface area (Å²) in [5.41, 5.74) is 2.68. The Kier molecular flexibility index (Phi) is 1.36. The number of nitrogens with zero attached hydrogens (tertiary/aromatic N) is 2. The average molecular weight is 152 g/mol. The second kappa shape index (κ2) is 2.35. The fraction of sp³-hybridized carbons (Fsp3) is 0.333. The van der Waals surface area contributed by atoms with E-state index < -0.39 is 0 Å². The zero-order valence-electron chi connectivity index (χ0n) is 6.03. The van der Waals surface area contributed by atoms with Gasteiger partial charge in [0.1, 0.15) is 0 Å². The van der Waals surface area contributed by atoms with Crippen LogP contribution in [0.3, 0.4) is 0 Å². The normalized spacial score (nSPS) is 21.4. The van der Waals surface area contributed by atoms with Crippen LogP contribution in [0.2, 0.25) is 0 Å². The predicted molar refractivity (Wildman–Crippen MR) is 39.8 cm³/mol. The maximum Gasteiger partial charge on any atom is 0.193 e. The summed E-state index contributed by atoms with van der Waals surface area (Å²) in [5.74, 6) is 1.36. The van der Waals surface area contributed by atoms with E-state index >= 15 is 0 Å². The Hall–Kier alpha value is -1.36. The zero-order valence-corrected chi connectivity index (χ0v) is 6.03. The lowest BCUT2D eigenvalue weighted by Gasteiger charge is -2.22. The van der Waals surface area contributed by atoms with Crippen LogP contribution < -0.4 is 10.8 Å². The number of anilines is 2. The van der Waals surface area contributed by atoms with Gasteiger partial charge in [0.2, 0.25) is 0 Å². The predicted octanol–water partition coefficient (Wildman–Crippen LogP) is 0.592. The van der Waals surface area contributed by atoms with Gasteiger partial charge in [-0.05, 0) is 6.92 Å². The fourth-order valence-electron chi connectivity index (χ4n) is 0.885. The van der Waals surface area contributed by atoms with Crippen molar-refractivity contribution in [1.82, 2.24) is 9.97 Å². The fourth-order valence-corrected chi connectivity index (χ4v) is 0.885. The van der Waals surface area contributed by atoms with Gasteiger partial charge in [-0.3, -0.25) is 4.84 Å². The Morgan fingerprint density at radius 1 is 1.36 bits per heavy atom. The van der Waals surface area contributed by atoms with Crippen molar-refractivity contribution in [3.63, 3.8) is 0 Å². The van der Waals surface area contributed by atoms with Crippen molar-refractivity contribution in [2.45, 2.75) is 13.2 Å². The van der Waals surface area contributed by atoms with Crippen LogP contribution in [0.25, 0.3) is 0 Å². The van der Waals surface area contributed by atoms with E-state index in [4.69, 9.17) is 4.84 Å². The molecule has 1 aliphatic heterocycles. The Bertz CT molecular complexity index is 265. The third kappa shape index (κ3) is 1.10. The number of rotatable bonds is 0. The van der Waals surface area contributed by atoms with Gasteiger partial charge in [0, 0.05) is 12.4 Å². The van der Waals surface area contributed by atoms with Gasteiger partial charge in [-0.2, -0.15) is 0 Å². The summed E-state index contributed by atoms with van der Waals surface area (Å²) >= 11 is 0. The summed E-state index contributed by atoms with van der Waals surface area (Å²) in [6.07, 6.45) is 3.16. The molecule has 11 heavy (non-hydrogen) atoms. The van der Waals surface area contributed by atoms with Crippen LogP contribution in [-0.2, 0) is 4.84 Å². The van der Waals surface area contributed by atoms with Crippen molar-refractivity contribution < 1.29 is 4.84 Å². The van der Waals surface area contributed by atoms with Gasteiger partial charge in [-0.25, -0.2) is 15.4 Å². The van der Waals surface area contributed by atoms with E-state index in [0.717, 1.165) is 5.82 Å². The lowest BCUT2D eigenvalue weighted by molar-refractivity contribution is 0.129. The Morgan fingerprint density at radius 3 is 2.91 bits per heavy atom. The first-order chi connectivity index (χ1) is 5.36. The quantitative estimate of drug-likeness (QED) is 0.569. The molecule has 1 aromatic heterocycles. The highest BCUT2D eigenvalue weighted by Gasteiger charge is 2.14. The van der Waals surface area contributed by atoms with Gasteiger partial charge in [-0.1, -0.05) is 0 Å². The van der Waals surface area contributed by atoms with Crippen LogP contribution in [0.1, 0.15) is 6.92 Å². The summed E-state index contributed by atoms with van der Waals surface area (Å²) in [6, 6.07) is 0. The highest BCUT2D eigenvalue weighted by molar-refractivity contribution is 5.58. The molecule has 1 aromatic rings. The summed E-state index contributed by atoms with van der Waals surface area (Å²) in [6.45, 7) is 1.88. The van der Waals surface area contributed by atoms with Crippen LogP contribution in [0, 0.1) is 0 Å². The molecule has 5 heteroatoms. The Balaban J connectivity index is 2.34. The average Bonchev–Trinajstić information content (AvgIpc) is 2.04. The molecule has 1 unspecified atom stereocenters. The molecule has 2 N–H and O–H groups in total. The van der Waals surface area contributed by atoms with Crippen LogP contribution in [0.4, 0.5) is 11.6 Å². The highest BCUT2D eigenvalue weighted by atomic mass is 16.7. The smallest absolute Gasteiger partial charge is 0.193 e. The maximum atomic E-state index is 5.04. The van der Waals surface area contributed by atoms with Crippen LogP contribution >= 0.6 is 0 Å². The minimum Gasteiger partial charge on any atom is -0.340 e. The molecular weight excluding hydrogens is 144 g/mol. The van der Waals surface area contributed by atoms with E-state index in [1.165, 1.54) is 0 Å². The van der Waals surface area contributed by atoms with E-state index in [1.807, 2.05) is 6.92 Å². The minimum atomic E-state index is -0.0702. The topological polar surface area (TPSA) is 59.1 Å². The van der Waals surface area contributed by atoms with Crippen LogP contribution in [0.15, 0.2) is 12.4 Å². The van der Waals surface area contributed by atoms with E-state index in [-0.39, 0.29) is 6.23 Å². The summed E-state index contributed by atoms with van der Waals surface area (Å²) < 4.78 is 0. The number of nitrogens with one attached hydrogen (secondary N) is 2. The molecule has 2 heterocycles. The number of aromatic nitrogens is 2. The van der Waals surface area contributed by atoms with E-state index in [2.05, 4.69) is 20.8 Å². The molecule has 0 aliphatic carbocycles. The monoisotopic (exact) mass is 152 g/mol. The van der Waals surface area contributed by atoms with Crippen LogP contribution in [-0.4, -0.2) is 16.2 Å². The first-order valence-electron chi connectivity index (χ1n) is 3.35. The standard InChI is InChI=1S/C6H8N4O/c1-4-9-5-6(10-11-4)8-3-2-7-5/h2-4H,1H3,(H,7,9)(H,8,10). The molecule has 2 rings (SSSR count). The molecule has 0 spiro atoms. The van der Waals surface area contributed by atoms with Gasteiger partial charge in [-0.15, -0.1) is 0 Å². The second-order valence-electron chi connectivity index (χ2n) is 2.26. The van der Waals surface area contributed by atoms with Gasteiger partial charge >= 0.3 is 0 Å². The van der Waals surface area contributed by atoms with E-state index in [1.54, 1.807) is 12.4 Å². The molecule has 5 nitrogen and oxygen atoms in total. The van der Waals surface area contributed by atoms with Crippen molar-refractivity contribution in [2.24, 2.45) is 0 Å². The minimum absolute atomic E-state index is 0.0702. The largest absolute Gasteiger partial charge is 0.340 e. The zero-order chi connectivity index (χ0) is 7.68. The van der Waals surface area contributed by atoms with Crippen molar-refractivity contribution in [3.8, 4) is 0 Å².